The van der Waals surface area contributed by atoms with Crippen LogP contribution in [-0.4, -0.2) is 29.1 Å². The summed E-state index contributed by atoms with van der Waals surface area (Å²) >= 11 is 0. The van der Waals surface area contributed by atoms with Gasteiger partial charge in [-0.25, -0.2) is 4.79 Å². The fourth-order valence-corrected chi connectivity index (χ4v) is 0.691. The van der Waals surface area contributed by atoms with Crippen molar-refractivity contribution in [2.24, 2.45) is 0 Å². The van der Waals surface area contributed by atoms with Gasteiger partial charge < -0.3 is 14.9 Å². The molecule has 0 spiro atoms. The second-order valence-corrected chi connectivity index (χ2v) is 2.37. The zero-order valence-corrected chi connectivity index (χ0v) is 6.62. The summed E-state index contributed by atoms with van der Waals surface area (Å²) in [5.74, 6) is 0. The van der Waals surface area contributed by atoms with Crippen molar-refractivity contribution in [3.63, 3.8) is 0 Å². The monoisotopic (exact) mass is 162 g/mol. The summed E-state index contributed by atoms with van der Waals surface area (Å²) in [4.78, 5) is 9.84. The normalized spacial score (nSPS) is 12.5. The van der Waals surface area contributed by atoms with Crippen molar-refractivity contribution in [2.45, 2.75) is 32.3 Å². The van der Waals surface area contributed by atoms with E-state index in [9.17, 15) is 4.79 Å². The van der Waals surface area contributed by atoms with E-state index in [1.165, 1.54) is 0 Å². The Morgan fingerprint density at radius 1 is 1.64 bits per heavy atom. The fraction of sp³-hybridized carbons (Fsp3) is 0.857. The molecule has 4 heteroatoms. The first-order chi connectivity index (χ1) is 5.16. The number of aliphatic hydroxyl groups excluding tert-OH is 1. The number of carboxylic acid groups (broad SMARTS) is 1. The third-order valence-electron chi connectivity index (χ3n) is 1.29. The van der Waals surface area contributed by atoms with E-state index >= 15 is 0 Å². The largest absolute Gasteiger partial charge is 0.505 e. The van der Waals surface area contributed by atoms with Gasteiger partial charge in [-0.2, -0.15) is 0 Å². The van der Waals surface area contributed by atoms with Gasteiger partial charge in [-0.3, -0.25) is 0 Å². The molecule has 4 nitrogen and oxygen atoms in total. The van der Waals surface area contributed by atoms with Crippen LogP contribution < -0.4 is 0 Å². The maximum atomic E-state index is 9.84. The first-order valence-corrected chi connectivity index (χ1v) is 3.70. The minimum atomic E-state index is -1.33. The molecule has 0 aliphatic carbocycles. The van der Waals surface area contributed by atoms with Gasteiger partial charge in [-0.15, -0.1) is 0 Å². The molecule has 2 N–H and O–H groups in total. The smallest absolute Gasteiger partial charge is 0.450 e. The zero-order valence-electron chi connectivity index (χ0n) is 6.62. The summed E-state index contributed by atoms with van der Waals surface area (Å²) in [6, 6.07) is 0. The van der Waals surface area contributed by atoms with Crippen LogP contribution in [0.4, 0.5) is 4.79 Å². The van der Waals surface area contributed by atoms with Crippen LogP contribution in [0.1, 0.15) is 26.2 Å². The summed E-state index contributed by atoms with van der Waals surface area (Å²) in [7, 11) is 0. The van der Waals surface area contributed by atoms with E-state index in [0.717, 1.165) is 12.8 Å². The van der Waals surface area contributed by atoms with E-state index in [0.29, 0.717) is 6.42 Å². The van der Waals surface area contributed by atoms with E-state index in [1.807, 2.05) is 6.92 Å². The number of unbranched alkanes of at least 4 members (excludes halogenated alkanes) is 1. The van der Waals surface area contributed by atoms with Gasteiger partial charge in [-0.1, -0.05) is 19.8 Å². The Labute approximate surface area is 65.8 Å². The molecule has 0 saturated heterocycles. The molecule has 0 aromatic carbocycles. The van der Waals surface area contributed by atoms with Crippen LogP contribution in [0.2, 0.25) is 0 Å². The van der Waals surface area contributed by atoms with E-state index in [2.05, 4.69) is 4.74 Å². The lowest BCUT2D eigenvalue weighted by Gasteiger charge is -2.07. The molecule has 0 saturated carbocycles. The minimum absolute atomic E-state index is 0.116. The first-order valence-electron chi connectivity index (χ1n) is 3.70. The highest BCUT2D eigenvalue weighted by atomic mass is 16.7. The zero-order chi connectivity index (χ0) is 8.69. The van der Waals surface area contributed by atoms with E-state index in [-0.39, 0.29) is 6.61 Å². The fourth-order valence-electron chi connectivity index (χ4n) is 0.691. The quantitative estimate of drug-likeness (QED) is 0.597. The lowest BCUT2D eigenvalue weighted by Crippen LogP contribution is -2.17. The molecule has 0 aromatic heterocycles. The van der Waals surface area contributed by atoms with Gasteiger partial charge >= 0.3 is 6.16 Å². The molecule has 0 amide bonds. The van der Waals surface area contributed by atoms with Gasteiger partial charge in [0.25, 0.3) is 0 Å². The molecule has 0 radical (unpaired) electrons. The minimum Gasteiger partial charge on any atom is -0.450 e. The van der Waals surface area contributed by atoms with Crippen LogP contribution in [0.25, 0.3) is 0 Å². The van der Waals surface area contributed by atoms with Crippen molar-refractivity contribution in [1.29, 1.82) is 0 Å². The van der Waals surface area contributed by atoms with Crippen LogP contribution >= 0.6 is 0 Å². The Morgan fingerprint density at radius 2 is 2.27 bits per heavy atom. The van der Waals surface area contributed by atoms with Crippen LogP contribution in [0.3, 0.4) is 0 Å². The van der Waals surface area contributed by atoms with Crippen LogP contribution in [0.5, 0.6) is 0 Å². The average molecular weight is 162 g/mol. The Kier molecular flexibility index (Phi) is 5.56. The molecule has 0 bridgehead atoms. The van der Waals surface area contributed by atoms with Crippen LogP contribution in [0.15, 0.2) is 0 Å². The Morgan fingerprint density at radius 3 is 2.73 bits per heavy atom. The SMILES string of the molecule is CCCCC(O)COC(=O)O. The lowest BCUT2D eigenvalue weighted by atomic mass is 10.2. The molecule has 0 fully saturated rings. The number of hydrogen-bond acceptors (Lipinski definition) is 3. The molecular weight excluding hydrogens is 148 g/mol. The number of hydrogen-bond donors (Lipinski definition) is 2. The van der Waals surface area contributed by atoms with Crippen molar-refractivity contribution < 1.29 is 19.7 Å². The molecule has 0 aromatic rings. The van der Waals surface area contributed by atoms with Gasteiger partial charge in [0.15, 0.2) is 0 Å². The summed E-state index contributed by atoms with van der Waals surface area (Å²) in [6.45, 7) is 1.89. The molecular formula is C7H14O4. The van der Waals surface area contributed by atoms with Gasteiger partial charge in [-0.05, 0) is 6.42 Å². The molecule has 1 atom stereocenters. The molecule has 0 aliphatic heterocycles. The standard InChI is InChI=1S/C7H14O4/c1-2-3-4-6(8)5-11-7(9)10/h6,8H,2-5H2,1H3,(H,9,10). The molecule has 0 heterocycles. The lowest BCUT2D eigenvalue weighted by molar-refractivity contribution is 0.0358. The maximum Gasteiger partial charge on any atom is 0.505 e. The van der Waals surface area contributed by atoms with Gasteiger partial charge in [0.2, 0.25) is 0 Å². The summed E-state index contributed by atoms with van der Waals surface area (Å²) in [6.07, 6.45) is 0.504. The Hall–Kier alpha value is -0.770. The van der Waals surface area contributed by atoms with E-state index in [1.54, 1.807) is 0 Å². The third kappa shape index (κ3) is 7.12. The van der Waals surface area contributed by atoms with E-state index in [4.69, 9.17) is 10.2 Å². The van der Waals surface area contributed by atoms with Crippen molar-refractivity contribution in [1.82, 2.24) is 0 Å². The number of aliphatic hydroxyl groups is 1. The van der Waals surface area contributed by atoms with Crippen LogP contribution in [0, 0.1) is 0 Å². The molecule has 0 rings (SSSR count). The number of ether oxygens (including phenoxy) is 1. The highest BCUT2D eigenvalue weighted by Gasteiger charge is 2.05. The Bertz CT molecular complexity index is 113. The van der Waals surface area contributed by atoms with Gasteiger partial charge in [0, 0.05) is 0 Å². The molecule has 66 valence electrons. The van der Waals surface area contributed by atoms with Crippen molar-refractivity contribution in [2.75, 3.05) is 6.61 Å². The van der Waals surface area contributed by atoms with E-state index < -0.39 is 12.3 Å². The predicted molar refractivity (Wildman–Crippen MR) is 39.5 cm³/mol. The summed E-state index contributed by atoms with van der Waals surface area (Å²) in [5.41, 5.74) is 0. The number of rotatable bonds is 5. The molecule has 0 aliphatic rings. The average Bonchev–Trinajstić information content (AvgIpc) is 1.97. The van der Waals surface area contributed by atoms with Crippen molar-refractivity contribution >= 4 is 6.16 Å². The Balaban J connectivity index is 3.22. The van der Waals surface area contributed by atoms with Crippen molar-refractivity contribution in [3.8, 4) is 0 Å². The predicted octanol–water partition coefficient (Wildman–Crippen LogP) is 1.23. The van der Waals surface area contributed by atoms with Gasteiger partial charge in [0.05, 0.1) is 6.10 Å². The highest BCUT2D eigenvalue weighted by molar-refractivity contribution is 5.56. The second kappa shape index (κ2) is 5.97. The molecule has 11 heavy (non-hydrogen) atoms. The summed E-state index contributed by atoms with van der Waals surface area (Å²) in [5, 5.41) is 17.1. The van der Waals surface area contributed by atoms with Gasteiger partial charge in [0.1, 0.15) is 6.61 Å². The molecule has 1 unspecified atom stereocenters. The summed E-state index contributed by atoms with van der Waals surface area (Å²) < 4.78 is 4.17. The second-order valence-electron chi connectivity index (χ2n) is 2.37. The van der Waals surface area contributed by atoms with Crippen molar-refractivity contribution in [3.05, 3.63) is 0 Å². The number of carbonyl (C=O) groups is 1. The topological polar surface area (TPSA) is 66.8 Å². The highest BCUT2D eigenvalue weighted by Crippen LogP contribution is 2.00. The first kappa shape index (κ1) is 10.2. The van der Waals surface area contributed by atoms with Crippen LogP contribution in [-0.2, 0) is 4.74 Å². The third-order valence-corrected chi connectivity index (χ3v) is 1.29. The maximum absolute atomic E-state index is 9.84.